The van der Waals surface area contributed by atoms with Crippen molar-refractivity contribution in [3.05, 3.63) is 47.4 Å². The Kier molecular flexibility index (Phi) is 3.97. The fourth-order valence-electron chi connectivity index (χ4n) is 2.80. The fourth-order valence-corrected chi connectivity index (χ4v) is 2.80. The Morgan fingerprint density at radius 1 is 1.36 bits per heavy atom. The van der Waals surface area contributed by atoms with Crippen LogP contribution in [-0.2, 0) is 5.41 Å². The molecule has 5 nitrogen and oxygen atoms in total. The maximum atomic E-state index is 14.1. The normalized spacial score (nSPS) is 20.3. The van der Waals surface area contributed by atoms with E-state index in [2.05, 4.69) is 20.4 Å². The molecule has 0 amide bonds. The van der Waals surface area contributed by atoms with Crippen molar-refractivity contribution in [3.63, 3.8) is 0 Å². The Labute approximate surface area is 129 Å². The van der Waals surface area contributed by atoms with E-state index in [-0.39, 0.29) is 11.9 Å². The van der Waals surface area contributed by atoms with E-state index < -0.39 is 5.41 Å². The zero-order valence-electron chi connectivity index (χ0n) is 13.1. The van der Waals surface area contributed by atoms with Gasteiger partial charge in [0.2, 0.25) is 5.89 Å². The van der Waals surface area contributed by atoms with Crippen LogP contribution >= 0.6 is 0 Å². The SMILES string of the molecule is CN1CCNCC1c1noc(C(C)(C)c2ccccc2F)n1. The summed E-state index contributed by atoms with van der Waals surface area (Å²) in [6.45, 7) is 6.47. The fraction of sp³-hybridized carbons (Fsp3) is 0.500. The van der Waals surface area contributed by atoms with Gasteiger partial charge in [-0.15, -0.1) is 0 Å². The van der Waals surface area contributed by atoms with Gasteiger partial charge in [-0.2, -0.15) is 4.98 Å². The lowest BCUT2D eigenvalue weighted by Crippen LogP contribution is -2.44. The van der Waals surface area contributed by atoms with Crippen molar-refractivity contribution in [2.24, 2.45) is 0 Å². The molecule has 0 saturated carbocycles. The number of hydrogen-bond donors (Lipinski definition) is 1. The van der Waals surface area contributed by atoms with Crippen molar-refractivity contribution in [2.45, 2.75) is 25.3 Å². The number of likely N-dealkylation sites (N-methyl/N-ethyl adjacent to an activating group) is 1. The van der Waals surface area contributed by atoms with Crippen LogP contribution in [-0.4, -0.2) is 41.7 Å². The highest BCUT2D eigenvalue weighted by molar-refractivity contribution is 5.31. The molecule has 0 radical (unpaired) electrons. The standard InChI is InChI=1S/C16H21FN4O/c1-16(2,11-6-4-5-7-12(11)17)15-19-14(20-22-15)13-10-18-8-9-21(13)3/h4-7,13,18H,8-10H2,1-3H3. The quantitative estimate of drug-likeness (QED) is 0.941. The maximum Gasteiger partial charge on any atom is 0.236 e. The highest BCUT2D eigenvalue weighted by Crippen LogP contribution is 2.32. The summed E-state index contributed by atoms with van der Waals surface area (Å²) in [5.74, 6) is 0.824. The van der Waals surface area contributed by atoms with Gasteiger partial charge in [-0.25, -0.2) is 4.39 Å². The number of aromatic nitrogens is 2. The minimum Gasteiger partial charge on any atom is -0.338 e. The molecule has 1 aromatic heterocycles. The Balaban J connectivity index is 1.91. The van der Waals surface area contributed by atoms with Gasteiger partial charge in [0.25, 0.3) is 0 Å². The van der Waals surface area contributed by atoms with E-state index in [0.717, 1.165) is 19.6 Å². The topological polar surface area (TPSA) is 54.2 Å². The monoisotopic (exact) mass is 304 g/mol. The average molecular weight is 304 g/mol. The van der Waals surface area contributed by atoms with Crippen molar-refractivity contribution >= 4 is 0 Å². The van der Waals surface area contributed by atoms with E-state index in [1.807, 2.05) is 27.0 Å². The molecule has 0 bridgehead atoms. The molecule has 1 aliphatic heterocycles. The molecular weight excluding hydrogens is 283 g/mol. The first-order chi connectivity index (χ1) is 10.5. The van der Waals surface area contributed by atoms with Gasteiger partial charge < -0.3 is 9.84 Å². The third-order valence-electron chi connectivity index (χ3n) is 4.33. The lowest BCUT2D eigenvalue weighted by atomic mass is 9.84. The van der Waals surface area contributed by atoms with E-state index in [1.54, 1.807) is 12.1 Å². The molecule has 3 rings (SSSR count). The number of piperazine rings is 1. The van der Waals surface area contributed by atoms with Gasteiger partial charge in [0.1, 0.15) is 5.82 Å². The van der Waals surface area contributed by atoms with Crippen LogP contribution in [0.15, 0.2) is 28.8 Å². The molecule has 0 aliphatic carbocycles. The van der Waals surface area contributed by atoms with E-state index >= 15 is 0 Å². The summed E-state index contributed by atoms with van der Waals surface area (Å²) in [7, 11) is 2.05. The Bertz CT molecular complexity index is 655. The molecule has 1 aromatic carbocycles. The molecule has 1 fully saturated rings. The number of rotatable bonds is 3. The highest BCUT2D eigenvalue weighted by atomic mass is 19.1. The van der Waals surface area contributed by atoms with Gasteiger partial charge >= 0.3 is 0 Å². The maximum absolute atomic E-state index is 14.1. The molecule has 118 valence electrons. The van der Waals surface area contributed by atoms with Gasteiger partial charge in [0.15, 0.2) is 5.82 Å². The molecule has 1 atom stereocenters. The van der Waals surface area contributed by atoms with Crippen molar-refractivity contribution < 1.29 is 8.91 Å². The Hall–Kier alpha value is -1.79. The molecular formula is C16H21FN4O. The lowest BCUT2D eigenvalue weighted by Gasteiger charge is -2.30. The number of hydrogen-bond acceptors (Lipinski definition) is 5. The first kappa shape index (κ1) is 15.1. The zero-order chi connectivity index (χ0) is 15.7. The largest absolute Gasteiger partial charge is 0.338 e. The van der Waals surface area contributed by atoms with Crippen LogP contribution in [0.1, 0.15) is 37.2 Å². The van der Waals surface area contributed by atoms with Crippen molar-refractivity contribution in [3.8, 4) is 0 Å². The molecule has 22 heavy (non-hydrogen) atoms. The minimum absolute atomic E-state index is 0.0858. The van der Waals surface area contributed by atoms with Gasteiger partial charge in [-0.05, 0) is 27.0 Å². The van der Waals surface area contributed by atoms with Gasteiger partial charge in [0.05, 0.1) is 11.5 Å². The first-order valence-corrected chi connectivity index (χ1v) is 7.50. The smallest absolute Gasteiger partial charge is 0.236 e. The van der Waals surface area contributed by atoms with Gasteiger partial charge in [-0.1, -0.05) is 23.4 Å². The predicted molar refractivity (Wildman–Crippen MR) is 81.1 cm³/mol. The Morgan fingerprint density at radius 3 is 2.86 bits per heavy atom. The summed E-state index contributed by atoms with van der Waals surface area (Å²) in [5, 5.41) is 7.45. The van der Waals surface area contributed by atoms with Crippen LogP contribution in [0.2, 0.25) is 0 Å². The van der Waals surface area contributed by atoms with Gasteiger partial charge in [-0.3, -0.25) is 4.90 Å². The average Bonchev–Trinajstić information content (AvgIpc) is 2.98. The van der Waals surface area contributed by atoms with Crippen molar-refractivity contribution in [1.82, 2.24) is 20.4 Å². The highest BCUT2D eigenvalue weighted by Gasteiger charge is 2.34. The van der Waals surface area contributed by atoms with Crippen LogP contribution in [0.5, 0.6) is 0 Å². The van der Waals surface area contributed by atoms with E-state index in [1.165, 1.54) is 6.07 Å². The molecule has 1 unspecified atom stereocenters. The third kappa shape index (κ3) is 2.64. The molecule has 2 heterocycles. The zero-order valence-corrected chi connectivity index (χ0v) is 13.1. The third-order valence-corrected chi connectivity index (χ3v) is 4.33. The van der Waals surface area contributed by atoms with Gasteiger partial charge in [0, 0.05) is 25.2 Å². The van der Waals surface area contributed by atoms with E-state index in [9.17, 15) is 4.39 Å². The van der Waals surface area contributed by atoms with Crippen LogP contribution in [0, 0.1) is 5.82 Å². The second-order valence-corrected chi connectivity index (χ2v) is 6.26. The number of nitrogens with zero attached hydrogens (tertiary/aromatic N) is 3. The summed E-state index contributed by atoms with van der Waals surface area (Å²) in [5.41, 5.74) is -0.114. The second kappa shape index (κ2) is 5.78. The van der Waals surface area contributed by atoms with Crippen LogP contribution in [0.3, 0.4) is 0 Å². The molecule has 2 aromatic rings. The minimum atomic E-state index is -0.669. The summed E-state index contributed by atoms with van der Waals surface area (Å²) in [6, 6.07) is 6.79. The molecule has 1 saturated heterocycles. The summed E-state index contributed by atoms with van der Waals surface area (Å²) < 4.78 is 19.5. The van der Waals surface area contributed by atoms with Crippen molar-refractivity contribution in [2.75, 3.05) is 26.7 Å². The summed E-state index contributed by atoms with van der Waals surface area (Å²) in [4.78, 5) is 6.74. The summed E-state index contributed by atoms with van der Waals surface area (Å²) >= 11 is 0. The summed E-state index contributed by atoms with van der Waals surface area (Å²) in [6.07, 6.45) is 0. The number of nitrogens with one attached hydrogen (secondary N) is 1. The van der Waals surface area contributed by atoms with Crippen LogP contribution < -0.4 is 5.32 Å². The molecule has 0 spiro atoms. The number of benzene rings is 1. The van der Waals surface area contributed by atoms with E-state index in [0.29, 0.717) is 17.3 Å². The Morgan fingerprint density at radius 2 is 2.14 bits per heavy atom. The predicted octanol–water partition coefficient (Wildman–Crippen LogP) is 2.11. The first-order valence-electron chi connectivity index (χ1n) is 7.50. The lowest BCUT2D eigenvalue weighted by molar-refractivity contribution is 0.190. The molecule has 1 N–H and O–H groups in total. The second-order valence-electron chi connectivity index (χ2n) is 6.26. The van der Waals surface area contributed by atoms with Crippen LogP contribution in [0.4, 0.5) is 4.39 Å². The molecule has 6 heteroatoms. The van der Waals surface area contributed by atoms with Crippen molar-refractivity contribution in [1.29, 1.82) is 0 Å². The van der Waals surface area contributed by atoms with Crippen LogP contribution in [0.25, 0.3) is 0 Å². The van der Waals surface area contributed by atoms with E-state index in [4.69, 9.17) is 4.52 Å². The molecule has 1 aliphatic rings. The number of halogens is 1.